The Labute approximate surface area is 182 Å². The summed E-state index contributed by atoms with van der Waals surface area (Å²) in [5.41, 5.74) is 1.95. The summed E-state index contributed by atoms with van der Waals surface area (Å²) in [5, 5.41) is 2.78. The monoisotopic (exact) mass is 510 g/mol. The molecule has 1 unspecified atom stereocenters. The molecule has 2 aromatic carbocycles. The van der Waals surface area contributed by atoms with E-state index in [1.807, 2.05) is 50.2 Å². The number of aryl methyl sites for hydroxylation is 1. The number of nitrogens with one attached hydrogen (secondary N) is 1. The highest BCUT2D eigenvalue weighted by Crippen LogP contribution is 2.22. The first kappa shape index (κ1) is 22.4. The second-order valence-electron chi connectivity index (χ2n) is 6.42. The van der Waals surface area contributed by atoms with E-state index in [1.54, 1.807) is 17.9 Å². The normalized spacial score (nSPS) is 11.6. The highest BCUT2D eigenvalue weighted by molar-refractivity contribution is 9.10. The molecular weight excluding hydrogens is 488 g/mol. The van der Waals surface area contributed by atoms with Gasteiger partial charge in [0.1, 0.15) is 11.8 Å². The highest BCUT2D eigenvalue weighted by Gasteiger charge is 2.26. The van der Waals surface area contributed by atoms with Crippen LogP contribution >= 0.6 is 31.9 Å². The third-order valence-corrected chi connectivity index (χ3v) is 5.63. The molecule has 2 amide bonds. The van der Waals surface area contributed by atoms with Crippen molar-refractivity contribution in [3.8, 4) is 5.75 Å². The average molecular weight is 512 g/mol. The lowest BCUT2D eigenvalue weighted by Gasteiger charge is -2.28. The molecule has 0 fully saturated rings. The van der Waals surface area contributed by atoms with E-state index in [0.717, 1.165) is 20.1 Å². The van der Waals surface area contributed by atoms with Crippen molar-refractivity contribution in [3.63, 3.8) is 0 Å². The molecule has 2 rings (SSSR count). The van der Waals surface area contributed by atoms with Crippen molar-refractivity contribution in [1.82, 2.24) is 10.2 Å². The average Bonchev–Trinajstić information content (AvgIpc) is 2.66. The fraction of sp³-hybridized carbons (Fsp3) is 0.333. The topological polar surface area (TPSA) is 58.6 Å². The van der Waals surface area contributed by atoms with Crippen LogP contribution in [0.1, 0.15) is 25.0 Å². The Morgan fingerprint density at radius 2 is 1.93 bits per heavy atom. The van der Waals surface area contributed by atoms with Crippen molar-refractivity contribution in [3.05, 3.63) is 62.5 Å². The zero-order valence-corrected chi connectivity index (χ0v) is 19.3. The Morgan fingerprint density at radius 1 is 1.18 bits per heavy atom. The minimum absolute atomic E-state index is 0.140. The molecule has 7 heteroatoms. The Morgan fingerprint density at radius 3 is 2.57 bits per heavy atom. The van der Waals surface area contributed by atoms with Gasteiger partial charge in [-0.15, -0.1) is 0 Å². The predicted molar refractivity (Wildman–Crippen MR) is 117 cm³/mol. The number of carbonyl (C=O) groups is 2. The summed E-state index contributed by atoms with van der Waals surface area (Å²) < 4.78 is 7.58. The molecule has 150 valence electrons. The maximum atomic E-state index is 12.9. The number of benzene rings is 2. The van der Waals surface area contributed by atoms with Gasteiger partial charge in [-0.05, 0) is 62.2 Å². The number of hydrogen-bond acceptors (Lipinski definition) is 3. The Balaban J connectivity index is 2.15. The van der Waals surface area contributed by atoms with Crippen molar-refractivity contribution in [2.45, 2.75) is 33.4 Å². The van der Waals surface area contributed by atoms with Crippen molar-refractivity contribution >= 4 is 43.7 Å². The lowest BCUT2D eigenvalue weighted by Crippen LogP contribution is -2.49. The molecule has 0 aliphatic rings. The van der Waals surface area contributed by atoms with E-state index in [0.29, 0.717) is 18.8 Å². The summed E-state index contributed by atoms with van der Waals surface area (Å²) in [5.74, 6) is 0.173. The highest BCUT2D eigenvalue weighted by atomic mass is 79.9. The third kappa shape index (κ3) is 6.34. The maximum absolute atomic E-state index is 12.9. The molecule has 1 N–H and O–H groups in total. The number of nitrogens with zero attached hydrogens (tertiary/aromatic N) is 1. The van der Waals surface area contributed by atoms with Gasteiger partial charge >= 0.3 is 0 Å². The van der Waals surface area contributed by atoms with Crippen molar-refractivity contribution in [1.29, 1.82) is 0 Å². The molecule has 0 aliphatic carbocycles. The summed E-state index contributed by atoms with van der Waals surface area (Å²) in [4.78, 5) is 26.8. The zero-order valence-electron chi connectivity index (χ0n) is 16.2. The van der Waals surface area contributed by atoms with Crippen molar-refractivity contribution < 1.29 is 14.3 Å². The number of ether oxygens (including phenoxy) is 1. The number of carbonyl (C=O) groups excluding carboxylic acids is 2. The molecule has 0 heterocycles. The summed E-state index contributed by atoms with van der Waals surface area (Å²) in [6.45, 7) is 6.22. The number of amides is 2. The van der Waals surface area contributed by atoms with Gasteiger partial charge in [-0.25, -0.2) is 0 Å². The molecule has 0 aliphatic heterocycles. The SMILES string of the molecule is CCNC(=O)C(C)N(Cc1cccc(Br)c1)C(=O)COc1ccc(Br)c(C)c1. The summed E-state index contributed by atoms with van der Waals surface area (Å²) >= 11 is 6.89. The molecule has 0 spiro atoms. The van der Waals surface area contributed by atoms with Gasteiger partial charge < -0.3 is 15.0 Å². The van der Waals surface area contributed by atoms with Gasteiger partial charge in [0, 0.05) is 22.0 Å². The van der Waals surface area contributed by atoms with E-state index in [-0.39, 0.29) is 18.4 Å². The first-order valence-corrected chi connectivity index (χ1v) is 10.6. The molecule has 0 saturated heterocycles. The van der Waals surface area contributed by atoms with E-state index >= 15 is 0 Å². The fourth-order valence-electron chi connectivity index (χ4n) is 2.67. The van der Waals surface area contributed by atoms with Crippen LogP contribution < -0.4 is 10.1 Å². The fourth-order valence-corrected chi connectivity index (χ4v) is 3.36. The maximum Gasteiger partial charge on any atom is 0.261 e. The van der Waals surface area contributed by atoms with E-state index in [1.165, 1.54) is 0 Å². The largest absolute Gasteiger partial charge is 0.484 e. The predicted octanol–water partition coefficient (Wildman–Crippen LogP) is 4.45. The summed E-state index contributed by atoms with van der Waals surface area (Å²) in [7, 11) is 0. The number of halogens is 2. The molecule has 0 bridgehead atoms. The van der Waals surface area contributed by atoms with Crippen LogP contribution in [-0.4, -0.2) is 35.9 Å². The van der Waals surface area contributed by atoms with Crippen LogP contribution in [-0.2, 0) is 16.1 Å². The number of likely N-dealkylation sites (N-methyl/N-ethyl adjacent to an activating group) is 1. The Bertz CT molecular complexity index is 842. The standard InChI is InChI=1S/C21H24Br2N2O3/c1-4-24-21(27)15(3)25(12-16-6-5-7-17(22)11-16)20(26)13-28-18-8-9-19(23)14(2)10-18/h5-11,15H,4,12-13H2,1-3H3,(H,24,27). The summed E-state index contributed by atoms with van der Waals surface area (Å²) in [6, 6.07) is 12.6. The van der Waals surface area contributed by atoms with Crippen LogP contribution in [0.5, 0.6) is 5.75 Å². The van der Waals surface area contributed by atoms with Gasteiger partial charge in [0.25, 0.3) is 5.91 Å². The van der Waals surface area contributed by atoms with Gasteiger partial charge in [0.15, 0.2) is 6.61 Å². The van der Waals surface area contributed by atoms with Gasteiger partial charge in [-0.1, -0.05) is 44.0 Å². The van der Waals surface area contributed by atoms with Gasteiger partial charge in [-0.3, -0.25) is 9.59 Å². The molecule has 1 atom stereocenters. The van der Waals surface area contributed by atoms with Gasteiger partial charge in [-0.2, -0.15) is 0 Å². The lowest BCUT2D eigenvalue weighted by molar-refractivity contribution is -0.142. The molecular formula is C21H24Br2N2O3. The van der Waals surface area contributed by atoms with Crippen LogP contribution in [0.3, 0.4) is 0 Å². The first-order valence-electron chi connectivity index (χ1n) is 9.02. The molecule has 0 radical (unpaired) electrons. The molecule has 0 aromatic heterocycles. The van der Waals surface area contributed by atoms with Crippen molar-refractivity contribution in [2.24, 2.45) is 0 Å². The van der Waals surface area contributed by atoms with E-state index in [4.69, 9.17) is 4.74 Å². The molecule has 5 nitrogen and oxygen atoms in total. The van der Waals surface area contributed by atoms with E-state index in [9.17, 15) is 9.59 Å². The molecule has 0 saturated carbocycles. The minimum Gasteiger partial charge on any atom is -0.484 e. The molecule has 2 aromatic rings. The van der Waals surface area contributed by atoms with E-state index in [2.05, 4.69) is 37.2 Å². The second-order valence-corrected chi connectivity index (χ2v) is 8.19. The Kier molecular flexibility index (Phi) is 8.51. The number of rotatable bonds is 8. The first-order chi connectivity index (χ1) is 13.3. The van der Waals surface area contributed by atoms with Crippen LogP contribution in [0, 0.1) is 6.92 Å². The zero-order chi connectivity index (χ0) is 20.7. The smallest absolute Gasteiger partial charge is 0.261 e. The molecule has 28 heavy (non-hydrogen) atoms. The lowest BCUT2D eigenvalue weighted by atomic mass is 10.1. The van der Waals surface area contributed by atoms with Crippen LogP contribution in [0.25, 0.3) is 0 Å². The minimum atomic E-state index is -0.610. The number of hydrogen-bond donors (Lipinski definition) is 1. The van der Waals surface area contributed by atoms with Crippen molar-refractivity contribution in [2.75, 3.05) is 13.2 Å². The summed E-state index contributed by atoms with van der Waals surface area (Å²) in [6.07, 6.45) is 0. The van der Waals surface area contributed by atoms with Gasteiger partial charge in [0.2, 0.25) is 5.91 Å². The van der Waals surface area contributed by atoms with Crippen LogP contribution in [0.15, 0.2) is 51.4 Å². The van der Waals surface area contributed by atoms with Gasteiger partial charge in [0.05, 0.1) is 0 Å². The third-order valence-electron chi connectivity index (χ3n) is 4.25. The quantitative estimate of drug-likeness (QED) is 0.569. The van der Waals surface area contributed by atoms with Crippen LogP contribution in [0.2, 0.25) is 0 Å². The second kappa shape index (κ2) is 10.6. The Hall–Kier alpha value is -1.86. The van der Waals surface area contributed by atoms with Crippen LogP contribution in [0.4, 0.5) is 0 Å². The van der Waals surface area contributed by atoms with E-state index < -0.39 is 6.04 Å².